The van der Waals surface area contributed by atoms with Gasteiger partial charge in [-0.05, 0) is 66.7 Å². The van der Waals surface area contributed by atoms with Gasteiger partial charge in [-0.1, -0.05) is 29.4 Å². The summed E-state index contributed by atoms with van der Waals surface area (Å²) in [6.07, 6.45) is 1.48. The van der Waals surface area contributed by atoms with Crippen molar-refractivity contribution in [1.29, 1.82) is 0 Å². The Bertz CT molecular complexity index is 1640. The number of amides is 3. The highest BCUT2D eigenvalue weighted by Crippen LogP contribution is 2.39. The minimum absolute atomic E-state index is 0.0309. The van der Waals surface area contributed by atoms with Gasteiger partial charge in [-0.25, -0.2) is 0 Å². The van der Waals surface area contributed by atoms with Crippen LogP contribution in [0, 0.1) is 0 Å². The summed E-state index contributed by atoms with van der Waals surface area (Å²) in [4.78, 5) is 41.8. The number of thioether (sulfide) groups is 1. The van der Waals surface area contributed by atoms with Gasteiger partial charge in [0, 0.05) is 27.2 Å². The van der Waals surface area contributed by atoms with Gasteiger partial charge >= 0.3 is 0 Å². The zero-order valence-corrected chi connectivity index (χ0v) is 23.5. The van der Waals surface area contributed by atoms with Crippen molar-refractivity contribution in [2.75, 3.05) is 24.9 Å². The number of nitrogens with one attached hydrogen (secondary N) is 2. The number of rotatable bonds is 10. The first kappa shape index (κ1) is 27.9. The van der Waals surface area contributed by atoms with E-state index in [1.807, 2.05) is 0 Å². The van der Waals surface area contributed by atoms with Crippen LogP contribution in [0.2, 0.25) is 5.02 Å². The molecule has 5 rings (SSSR count). The number of methoxy groups -OCH3 is 2. The van der Waals surface area contributed by atoms with Crippen LogP contribution in [0.5, 0.6) is 11.5 Å². The van der Waals surface area contributed by atoms with E-state index in [-0.39, 0.29) is 23.1 Å². The molecule has 0 aliphatic carbocycles. The van der Waals surface area contributed by atoms with E-state index in [0.29, 0.717) is 44.1 Å². The van der Waals surface area contributed by atoms with Gasteiger partial charge < -0.3 is 24.5 Å². The number of furan rings is 1. The fourth-order valence-corrected chi connectivity index (χ4v) is 5.19. The molecule has 208 valence electrons. The largest absolute Gasteiger partial charge is 0.497 e. The third-order valence-corrected chi connectivity index (χ3v) is 7.43. The number of hydrogen-bond acceptors (Lipinski definition) is 8. The first-order valence-corrected chi connectivity index (χ1v) is 13.5. The molecule has 0 fully saturated rings. The number of hydrogen-bond donors (Lipinski definition) is 2. The van der Waals surface area contributed by atoms with Crippen LogP contribution in [0.15, 0.2) is 105 Å². The second-order valence-electron chi connectivity index (χ2n) is 8.76. The Labute approximate surface area is 245 Å². The quantitative estimate of drug-likeness (QED) is 0.211. The smallest absolute Gasteiger partial charge is 0.278 e. The second-order valence-corrected chi connectivity index (χ2v) is 10.3. The summed E-state index contributed by atoms with van der Waals surface area (Å²) in [7, 11) is 3.04. The fourth-order valence-electron chi connectivity index (χ4n) is 4.06. The summed E-state index contributed by atoms with van der Waals surface area (Å²) in [5.74, 6) is 0.153. The molecule has 0 saturated carbocycles. The van der Waals surface area contributed by atoms with Gasteiger partial charge in [0.25, 0.3) is 17.7 Å². The molecule has 3 aromatic carbocycles. The van der Waals surface area contributed by atoms with E-state index in [1.165, 1.54) is 20.5 Å². The number of carbonyl (C=O) groups excluding carboxylic acids is 3. The van der Waals surface area contributed by atoms with Crippen LogP contribution in [-0.2, 0) is 16.1 Å². The van der Waals surface area contributed by atoms with Gasteiger partial charge in [-0.3, -0.25) is 19.3 Å². The third kappa shape index (κ3) is 6.24. The molecule has 2 heterocycles. The van der Waals surface area contributed by atoms with Gasteiger partial charge in [0.15, 0.2) is 0 Å². The van der Waals surface area contributed by atoms with Gasteiger partial charge in [0.2, 0.25) is 0 Å². The zero-order chi connectivity index (χ0) is 28.9. The van der Waals surface area contributed by atoms with Crippen molar-refractivity contribution in [2.24, 2.45) is 0 Å². The van der Waals surface area contributed by atoms with Gasteiger partial charge in [0.05, 0.1) is 32.7 Å². The van der Waals surface area contributed by atoms with Gasteiger partial charge in [-0.2, -0.15) is 0 Å². The highest BCUT2D eigenvalue weighted by molar-refractivity contribution is 8.04. The Kier molecular flexibility index (Phi) is 8.32. The van der Waals surface area contributed by atoms with Crippen molar-refractivity contribution in [3.8, 4) is 11.5 Å². The predicted octanol–water partition coefficient (Wildman–Crippen LogP) is 6.19. The molecule has 1 aliphatic rings. The molecule has 3 amide bonds. The lowest BCUT2D eigenvalue weighted by molar-refractivity contribution is -0.138. The monoisotopic (exact) mass is 589 g/mol. The first-order valence-electron chi connectivity index (χ1n) is 12.3. The molecule has 0 spiro atoms. The first-order chi connectivity index (χ1) is 19.9. The molecule has 0 unspecified atom stereocenters. The molecule has 2 N–H and O–H groups in total. The number of nitrogens with zero attached hydrogens (tertiary/aromatic N) is 1. The standard InChI is InChI=1S/C30H24ClN3O6S/c1-38-21-12-13-24(25(16-21)39-2)33-26-27(30(37)34(29(26)36)17-22-6-4-14-40-22)41-23-7-3-5-20(15-23)32-28(35)18-8-10-19(31)11-9-18/h3-16,33H,17H2,1-2H3,(H,32,35). The number of halogens is 1. The second kappa shape index (κ2) is 12.2. The van der Waals surface area contributed by atoms with Crippen molar-refractivity contribution in [3.05, 3.63) is 112 Å². The number of carbonyl (C=O) groups is 3. The maximum atomic E-state index is 13.6. The van der Waals surface area contributed by atoms with Gasteiger partial charge in [-0.15, -0.1) is 0 Å². The summed E-state index contributed by atoms with van der Waals surface area (Å²) in [6.45, 7) is -0.0309. The summed E-state index contributed by atoms with van der Waals surface area (Å²) in [6, 6.07) is 22.0. The Hall–Kier alpha value is -4.67. The molecule has 4 aromatic rings. The average Bonchev–Trinajstić information content (AvgIpc) is 3.57. The van der Waals surface area contributed by atoms with Gasteiger partial charge in [0.1, 0.15) is 27.9 Å². The Morgan fingerprint density at radius 3 is 2.46 bits per heavy atom. The predicted molar refractivity (Wildman–Crippen MR) is 156 cm³/mol. The van der Waals surface area contributed by atoms with E-state index in [0.717, 1.165) is 16.7 Å². The number of anilines is 2. The molecule has 0 radical (unpaired) electrons. The minimum atomic E-state index is -0.515. The lowest BCUT2D eigenvalue weighted by Crippen LogP contribution is -2.31. The molecule has 1 aliphatic heterocycles. The van der Waals surface area contributed by atoms with E-state index < -0.39 is 11.8 Å². The van der Waals surface area contributed by atoms with E-state index in [2.05, 4.69) is 10.6 Å². The van der Waals surface area contributed by atoms with E-state index in [9.17, 15) is 14.4 Å². The number of benzene rings is 3. The molecule has 9 nitrogen and oxygen atoms in total. The molecular formula is C30H24ClN3O6S. The Morgan fingerprint density at radius 1 is 0.951 bits per heavy atom. The molecule has 0 atom stereocenters. The molecule has 41 heavy (non-hydrogen) atoms. The van der Waals surface area contributed by atoms with Crippen LogP contribution < -0.4 is 20.1 Å². The summed E-state index contributed by atoms with van der Waals surface area (Å²) in [5.41, 5.74) is 1.53. The summed E-state index contributed by atoms with van der Waals surface area (Å²) >= 11 is 7.03. The zero-order valence-electron chi connectivity index (χ0n) is 22.0. The lowest BCUT2D eigenvalue weighted by Gasteiger charge is -2.15. The number of ether oxygens (including phenoxy) is 2. The van der Waals surface area contributed by atoms with Crippen molar-refractivity contribution in [1.82, 2.24) is 4.90 Å². The number of imide groups is 1. The molecule has 0 bridgehead atoms. The van der Waals surface area contributed by atoms with Crippen LogP contribution in [0.4, 0.5) is 11.4 Å². The van der Waals surface area contributed by atoms with E-state index in [4.69, 9.17) is 25.5 Å². The summed E-state index contributed by atoms with van der Waals surface area (Å²) < 4.78 is 16.1. The minimum Gasteiger partial charge on any atom is -0.497 e. The van der Waals surface area contributed by atoms with E-state index in [1.54, 1.807) is 78.9 Å². The molecular weight excluding hydrogens is 566 g/mol. The summed E-state index contributed by atoms with van der Waals surface area (Å²) in [5, 5.41) is 6.48. The van der Waals surface area contributed by atoms with Crippen molar-refractivity contribution in [3.63, 3.8) is 0 Å². The fraction of sp³-hybridized carbons (Fsp3) is 0.100. The highest BCUT2D eigenvalue weighted by Gasteiger charge is 2.40. The van der Waals surface area contributed by atoms with Crippen LogP contribution in [0.3, 0.4) is 0 Å². The Morgan fingerprint density at radius 2 is 1.76 bits per heavy atom. The SMILES string of the molecule is COc1ccc(NC2=C(Sc3cccc(NC(=O)c4ccc(Cl)cc4)c3)C(=O)N(Cc3ccco3)C2=O)c(OC)c1. The Balaban J connectivity index is 1.44. The normalized spacial score (nSPS) is 13.0. The average molecular weight is 590 g/mol. The van der Waals surface area contributed by atoms with Crippen molar-refractivity contribution < 1.29 is 28.3 Å². The van der Waals surface area contributed by atoms with E-state index >= 15 is 0 Å². The topological polar surface area (TPSA) is 110 Å². The maximum Gasteiger partial charge on any atom is 0.278 e. The van der Waals surface area contributed by atoms with Crippen molar-refractivity contribution in [2.45, 2.75) is 11.4 Å². The maximum absolute atomic E-state index is 13.6. The molecule has 11 heteroatoms. The van der Waals surface area contributed by atoms with Crippen LogP contribution in [0.1, 0.15) is 16.1 Å². The lowest BCUT2D eigenvalue weighted by atomic mass is 10.2. The molecule has 0 saturated heterocycles. The molecule has 1 aromatic heterocycles. The van der Waals surface area contributed by atoms with Crippen LogP contribution in [0.25, 0.3) is 0 Å². The highest BCUT2D eigenvalue weighted by atomic mass is 35.5. The third-order valence-electron chi connectivity index (χ3n) is 6.11. The van der Waals surface area contributed by atoms with Crippen molar-refractivity contribution >= 4 is 52.5 Å². The van der Waals surface area contributed by atoms with Crippen LogP contribution >= 0.6 is 23.4 Å². The van der Waals surface area contributed by atoms with Crippen LogP contribution in [-0.4, -0.2) is 36.8 Å².